The van der Waals surface area contributed by atoms with Crippen molar-refractivity contribution in [1.82, 2.24) is 4.98 Å². The molecule has 1 heterocycles. The number of hydrogen-bond donors (Lipinski definition) is 0. The van der Waals surface area contributed by atoms with Gasteiger partial charge in [0.15, 0.2) is 12.4 Å². The van der Waals surface area contributed by atoms with Crippen molar-refractivity contribution in [2.75, 3.05) is 6.61 Å². The molecule has 0 atom stereocenters. The number of ether oxygens (including phenoxy) is 1. The number of benzene rings is 1. The second-order valence-corrected chi connectivity index (χ2v) is 5.86. The maximum atomic E-state index is 12.2. The standard InChI is InChI=1S/C15H13BrF3NO2.2C2H6/c1-8(2)14(21)11-4-3-9-10(20-11)5-6-12(13(9)16)22-7-15(17,18)19;2*1-2/h3-6,8H,7H2,1-2H3;2*1-2H3. The van der Waals surface area contributed by atoms with Gasteiger partial charge in [0.25, 0.3) is 0 Å². The van der Waals surface area contributed by atoms with Crippen molar-refractivity contribution in [2.45, 2.75) is 47.7 Å². The minimum absolute atomic E-state index is 0.0783. The Kier molecular flexibility index (Phi) is 10.5. The first-order valence-electron chi connectivity index (χ1n) is 8.52. The van der Waals surface area contributed by atoms with Crippen molar-refractivity contribution in [3.63, 3.8) is 0 Å². The highest BCUT2D eigenvalue weighted by molar-refractivity contribution is 9.10. The van der Waals surface area contributed by atoms with Gasteiger partial charge in [0.1, 0.15) is 11.4 Å². The van der Waals surface area contributed by atoms with Gasteiger partial charge in [0.2, 0.25) is 0 Å². The van der Waals surface area contributed by atoms with Crippen LogP contribution in [0.5, 0.6) is 5.75 Å². The van der Waals surface area contributed by atoms with Crippen LogP contribution in [0, 0.1) is 5.92 Å². The predicted octanol–water partition coefficient (Wildman–Crippen LogP) is 6.83. The van der Waals surface area contributed by atoms with E-state index >= 15 is 0 Å². The van der Waals surface area contributed by atoms with Gasteiger partial charge in [0, 0.05) is 11.3 Å². The molecule has 26 heavy (non-hydrogen) atoms. The predicted molar refractivity (Wildman–Crippen MR) is 103 cm³/mol. The molecule has 0 unspecified atom stereocenters. The molecule has 0 saturated heterocycles. The number of ketones is 1. The van der Waals surface area contributed by atoms with Gasteiger partial charge >= 0.3 is 6.18 Å². The third kappa shape index (κ3) is 6.94. The first-order chi connectivity index (χ1) is 12.2. The zero-order valence-electron chi connectivity index (χ0n) is 15.9. The smallest absolute Gasteiger partial charge is 0.422 e. The number of rotatable bonds is 4. The molecule has 0 aliphatic rings. The van der Waals surface area contributed by atoms with Gasteiger partial charge in [-0.15, -0.1) is 0 Å². The fourth-order valence-corrected chi connectivity index (χ4v) is 2.43. The van der Waals surface area contributed by atoms with Gasteiger partial charge < -0.3 is 4.74 Å². The van der Waals surface area contributed by atoms with Crippen molar-refractivity contribution in [3.05, 3.63) is 34.4 Å². The lowest BCUT2D eigenvalue weighted by Gasteiger charge is -2.12. The maximum absolute atomic E-state index is 12.2. The van der Waals surface area contributed by atoms with Crippen molar-refractivity contribution < 1.29 is 22.7 Å². The molecule has 0 saturated carbocycles. The van der Waals surface area contributed by atoms with E-state index in [1.165, 1.54) is 12.1 Å². The normalized spacial score (nSPS) is 10.6. The van der Waals surface area contributed by atoms with Crippen molar-refractivity contribution >= 4 is 32.6 Å². The summed E-state index contributed by atoms with van der Waals surface area (Å²) >= 11 is 3.22. The van der Waals surface area contributed by atoms with Crippen LogP contribution in [0.15, 0.2) is 28.7 Å². The van der Waals surface area contributed by atoms with E-state index in [4.69, 9.17) is 4.74 Å². The summed E-state index contributed by atoms with van der Waals surface area (Å²) < 4.78 is 41.8. The molecule has 0 radical (unpaired) electrons. The molecule has 146 valence electrons. The maximum Gasteiger partial charge on any atom is 0.422 e. The molecule has 7 heteroatoms. The zero-order valence-corrected chi connectivity index (χ0v) is 17.5. The Bertz CT molecular complexity index is 716. The van der Waals surface area contributed by atoms with Crippen LogP contribution in [-0.4, -0.2) is 23.6 Å². The van der Waals surface area contributed by atoms with Gasteiger partial charge in [0.05, 0.1) is 9.99 Å². The van der Waals surface area contributed by atoms with Crippen LogP contribution < -0.4 is 4.74 Å². The van der Waals surface area contributed by atoms with Crippen LogP contribution in [0.4, 0.5) is 13.2 Å². The third-order valence-corrected chi connectivity index (χ3v) is 3.76. The van der Waals surface area contributed by atoms with E-state index in [-0.39, 0.29) is 17.5 Å². The number of alkyl halides is 3. The topological polar surface area (TPSA) is 39.2 Å². The fourth-order valence-electron chi connectivity index (χ4n) is 1.85. The Hall–Kier alpha value is -1.63. The molecule has 1 aromatic carbocycles. The third-order valence-electron chi connectivity index (χ3n) is 2.94. The molecule has 0 spiro atoms. The Morgan fingerprint density at radius 3 is 2.19 bits per heavy atom. The Morgan fingerprint density at radius 2 is 1.69 bits per heavy atom. The summed E-state index contributed by atoms with van der Waals surface area (Å²) in [6.07, 6.45) is -4.40. The van der Waals surface area contributed by atoms with Crippen LogP contribution in [0.1, 0.15) is 52.0 Å². The van der Waals surface area contributed by atoms with E-state index in [0.29, 0.717) is 21.1 Å². The number of pyridine rings is 1. The van der Waals surface area contributed by atoms with Crippen LogP contribution >= 0.6 is 15.9 Å². The molecule has 0 fully saturated rings. The van der Waals surface area contributed by atoms with Crippen LogP contribution in [-0.2, 0) is 0 Å². The number of hydrogen-bond acceptors (Lipinski definition) is 3. The Morgan fingerprint density at radius 1 is 1.12 bits per heavy atom. The lowest BCUT2D eigenvalue weighted by atomic mass is 10.0. The van der Waals surface area contributed by atoms with E-state index in [9.17, 15) is 18.0 Å². The highest BCUT2D eigenvalue weighted by atomic mass is 79.9. The monoisotopic (exact) mass is 435 g/mol. The van der Waals surface area contributed by atoms with E-state index in [0.717, 1.165) is 0 Å². The van der Waals surface area contributed by atoms with Gasteiger partial charge in [-0.1, -0.05) is 41.5 Å². The van der Waals surface area contributed by atoms with Crippen molar-refractivity contribution in [2.24, 2.45) is 5.92 Å². The van der Waals surface area contributed by atoms with E-state index in [1.807, 2.05) is 27.7 Å². The van der Waals surface area contributed by atoms with Crippen molar-refractivity contribution in [1.29, 1.82) is 0 Å². The molecule has 0 N–H and O–H groups in total. The minimum Gasteiger partial charge on any atom is -0.483 e. The Labute approximate surface area is 161 Å². The summed E-state index contributed by atoms with van der Waals surface area (Å²) in [4.78, 5) is 16.2. The average molecular weight is 436 g/mol. The van der Waals surface area contributed by atoms with Gasteiger partial charge in [-0.3, -0.25) is 4.79 Å². The number of nitrogens with zero attached hydrogens (tertiary/aromatic N) is 1. The summed E-state index contributed by atoms with van der Waals surface area (Å²) in [6.45, 7) is 10.2. The Balaban J connectivity index is 0.00000146. The van der Waals surface area contributed by atoms with E-state index in [2.05, 4.69) is 20.9 Å². The number of halogens is 4. The highest BCUT2D eigenvalue weighted by Gasteiger charge is 2.29. The molecule has 0 bridgehead atoms. The first kappa shape index (κ1) is 24.4. The zero-order chi connectivity index (χ0) is 20.5. The number of fused-ring (bicyclic) bond motifs is 1. The lowest BCUT2D eigenvalue weighted by Crippen LogP contribution is -2.19. The summed E-state index contributed by atoms with van der Waals surface area (Å²) in [7, 11) is 0. The highest BCUT2D eigenvalue weighted by Crippen LogP contribution is 2.33. The SMILES string of the molecule is CC.CC.CC(C)C(=O)c1ccc2c(Br)c(OCC(F)(F)F)ccc2n1. The van der Waals surface area contributed by atoms with Crippen molar-refractivity contribution in [3.8, 4) is 5.75 Å². The molecule has 2 aromatic rings. The van der Waals surface area contributed by atoms with Gasteiger partial charge in [-0.25, -0.2) is 4.98 Å². The summed E-state index contributed by atoms with van der Waals surface area (Å²) in [5.41, 5.74) is 0.844. The van der Waals surface area contributed by atoms with Crippen LogP contribution in [0.2, 0.25) is 0 Å². The minimum atomic E-state index is -4.40. The number of aromatic nitrogens is 1. The van der Waals surface area contributed by atoms with Gasteiger partial charge in [-0.2, -0.15) is 13.2 Å². The lowest BCUT2D eigenvalue weighted by molar-refractivity contribution is -0.153. The number of Topliss-reactive ketones (excluding diaryl/α,β-unsaturated/α-hetero) is 1. The fraction of sp³-hybridized carbons (Fsp3) is 0.474. The van der Waals surface area contributed by atoms with Crippen LogP contribution in [0.3, 0.4) is 0 Å². The van der Waals surface area contributed by atoms with E-state index in [1.54, 1.807) is 26.0 Å². The first-order valence-corrected chi connectivity index (χ1v) is 9.31. The second-order valence-electron chi connectivity index (χ2n) is 5.06. The molecule has 1 aromatic heterocycles. The molecular formula is C19H25BrF3NO2. The number of carbonyl (C=O) groups excluding carboxylic acids is 1. The number of carbonyl (C=O) groups is 1. The average Bonchev–Trinajstić information content (AvgIpc) is 2.62. The summed E-state index contributed by atoms with van der Waals surface area (Å²) in [6, 6.07) is 6.13. The second kappa shape index (κ2) is 11.2. The molecule has 3 nitrogen and oxygen atoms in total. The molecule has 0 aliphatic heterocycles. The molecule has 0 aliphatic carbocycles. The largest absolute Gasteiger partial charge is 0.483 e. The van der Waals surface area contributed by atoms with Crippen LogP contribution in [0.25, 0.3) is 10.9 Å². The molecule has 2 rings (SSSR count). The summed E-state index contributed by atoms with van der Waals surface area (Å²) in [5, 5.41) is 0.583. The molecular weight excluding hydrogens is 411 g/mol. The van der Waals surface area contributed by atoms with Gasteiger partial charge in [-0.05, 0) is 40.2 Å². The molecule has 0 amide bonds. The quantitative estimate of drug-likeness (QED) is 0.493. The van der Waals surface area contributed by atoms with E-state index < -0.39 is 12.8 Å². The summed E-state index contributed by atoms with van der Waals surface area (Å²) in [5.74, 6) is -0.187.